The summed E-state index contributed by atoms with van der Waals surface area (Å²) >= 11 is 0. The molecule has 2 fully saturated rings. The maximum Gasteiger partial charge on any atom is 0.255 e. The zero-order chi connectivity index (χ0) is 17.2. The van der Waals surface area contributed by atoms with Gasteiger partial charge in [0.15, 0.2) is 0 Å². The molecule has 2 aliphatic rings. The van der Waals surface area contributed by atoms with Crippen molar-refractivity contribution in [2.75, 3.05) is 5.32 Å². The molecule has 2 aromatic carbocycles. The van der Waals surface area contributed by atoms with Crippen LogP contribution in [0.4, 0.5) is 5.69 Å². The van der Waals surface area contributed by atoms with E-state index in [9.17, 15) is 4.79 Å². The van der Waals surface area contributed by atoms with Crippen LogP contribution in [0.3, 0.4) is 0 Å². The van der Waals surface area contributed by atoms with Crippen molar-refractivity contribution in [3.63, 3.8) is 0 Å². The molecule has 0 unspecified atom stereocenters. The third-order valence-electron chi connectivity index (χ3n) is 5.69. The molecule has 2 aliphatic carbocycles. The summed E-state index contributed by atoms with van der Waals surface area (Å²) in [6, 6.07) is 16.5. The van der Waals surface area contributed by atoms with Gasteiger partial charge >= 0.3 is 0 Å². The van der Waals surface area contributed by atoms with E-state index in [1.165, 1.54) is 43.2 Å². The third-order valence-corrected chi connectivity index (χ3v) is 5.69. The highest BCUT2D eigenvalue weighted by molar-refractivity contribution is 6.04. The molecule has 0 bridgehead atoms. The zero-order valence-electron chi connectivity index (χ0n) is 14.6. The van der Waals surface area contributed by atoms with Crippen LogP contribution in [0.5, 0.6) is 0 Å². The Labute approximate surface area is 149 Å². The highest BCUT2D eigenvalue weighted by Crippen LogP contribution is 2.39. The second-order valence-corrected chi connectivity index (χ2v) is 7.54. The van der Waals surface area contributed by atoms with Crippen LogP contribution in [0, 0.1) is 0 Å². The van der Waals surface area contributed by atoms with E-state index in [1.54, 1.807) is 0 Å². The second kappa shape index (κ2) is 7.01. The Morgan fingerprint density at radius 1 is 0.880 bits per heavy atom. The number of rotatable bonds is 4. The van der Waals surface area contributed by atoms with Crippen LogP contribution in [0.1, 0.15) is 71.8 Å². The van der Waals surface area contributed by atoms with Gasteiger partial charge in [0, 0.05) is 23.2 Å². The van der Waals surface area contributed by atoms with E-state index < -0.39 is 0 Å². The molecule has 0 aliphatic heterocycles. The van der Waals surface area contributed by atoms with Crippen LogP contribution in [0.25, 0.3) is 0 Å². The van der Waals surface area contributed by atoms with Gasteiger partial charge in [-0.25, -0.2) is 0 Å². The molecule has 0 aromatic heterocycles. The Bertz CT molecular complexity index is 730. The predicted molar refractivity (Wildman–Crippen MR) is 102 cm³/mol. The van der Waals surface area contributed by atoms with Gasteiger partial charge in [-0.05, 0) is 60.6 Å². The van der Waals surface area contributed by atoms with Gasteiger partial charge in [0.2, 0.25) is 0 Å². The number of carbonyl (C=O) groups excluding carboxylic acids is 1. The van der Waals surface area contributed by atoms with Crippen molar-refractivity contribution >= 4 is 11.6 Å². The summed E-state index contributed by atoms with van der Waals surface area (Å²) in [4.78, 5) is 12.5. The summed E-state index contributed by atoms with van der Waals surface area (Å²) in [5.41, 5.74) is 10.1. The molecular weight excluding hydrogens is 308 g/mol. The minimum atomic E-state index is -0.0499. The lowest BCUT2D eigenvalue weighted by Crippen LogP contribution is -2.12. The van der Waals surface area contributed by atoms with Crippen molar-refractivity contribution in [2.24, 2.45) is 5.73 Å². The quantitative estimate of drug-likeness (QED) is 0.843. The van der Waals surface area contributed by atoms with E-state index in [2.05, 4.69) is 29.6 Å². The molecule has 3 N–H and O–H groups in total. The van der Waals surface area contributed by atoms with Crippen molar-refractivity contribution < 1.29 is 4.79 Å². The molecule has 25 heavy (non-hydrogen) atoms. The van der Waals surface area contributed by atoms with Crippen molar-refractivity contribution in [2.45, 2.75) is 56.4 Å². The van der Waals surface area contributed by atoms with Crippen LogP contribution in [0.15, 0.2) is 48.5 Å². The van der Waals surface area contributed by atoms with Crippen LogP contribution in [0.2, 0.25) is 0 Å². The molecule has 0 saturated heterocycles. The Morgan fingerprint density at radius 2 is 1.48 bits per heavy atom. The van der Waals surface area contributed by atoms with Crippen molar-refractivity contribution in [3.05, 3.63) is 65.2 Å². The minimum absolute atomic E-state index is 0.0499. The third kappa shape index (κ3) is 3.77. The second-order valence-electron chi connectivity index (χ2n) is 7.54. The van der Waals surface area contributed by atoms with E-state index >= 15 is 0 Å². The summed E-state index contributed by atoms with van der Waals surface area (Å²) in [7, 11) is 0. The van der Waals surface area contributed by atoms with Gasteiger partial charge in [0.25, 0.3) is 5.91 Å². The number of amides is 1. The number of benzene rings is 2. The van der Waals surface area contributed by atoms with Gasteiger partial charge in [-0.1, -0.05) is 43.5 Å². The van der Waals surface area contributed by atoms with E-state index in [-0.39, 0.29) is 5.91 Å². The summed E-state index contributed by atoms with van der Waals surface area (Å²) < 4.78 is 0. The largest absolute Gasteiger partial charge is 0.327 e. The number of anilines is 1. The molecule has 2 atom stereocenters. The monoisotopic (exact) mass is 334 g/mol. The topological polar surface area (TPSA) is 55.1 Å². The molecule has 3 nitrogen and oxygen atoms in total. The number of nitrogens with two attached hydrogens (primary N) is 1. The van der Waals surface area contributed by atoms with Gasteiger partial charge in [0.05, 0.1) is 0 Å². The molecule has 4 rings (SSSR count). The first kappa shape index (κ1) is 16.3. The average molecular weight is 334 g/mol. The summed E-state index contributed by atoms with van der Waals surface area (Å²) in [6.07, 6.45) is 7.65. The van der Waals surface area contributed by atoms with Crippen LogP contribution < -0.4 is 11.1 Å². The molecule has 2 aromatic rings. The van der Waals surface area contributed by atoms with Gasteiger partial charge in [-0.2, -0.15) is 0 Å². The molecule has 3 heteroatoms. The first-order valence-electron chi connectivity index (χ1n) is 9.47. The maximum absolute atomic E-state index is 12.5. The number of nitrogens with one attached hydrogen (secondary N) is 1. The molecular formula is C22H26N2O. The van der Waals surface area contributed by atoms with E-state index in [0.717, 1.165) is 12.1 Å². The van der Waals surface area contributed by atoms with Crippen molar-refractivity contribution in [1.82, 2.24) is 0 Å². The fourth-order valence-electron chi connectivity index (χ4n) is 3.96. The van der Waals surface area contributed by atoms with Crippen LogP contribution in [-0.2, 0) is 0 Å². The zero-order valence-corrected chi connectivity index (χ0v) is 14.6. The molecule has 0 radical (unpaired) electrons. The van der Waals surface area contributed by atoms with Gasteiger partial charge < -0.3 is 11.1 Å². The maximum atomic E-state index is 12.5. The summed E-state index contributed by atoms with van der Waals surface area (Å²) in [6.45, 7) is 0. The predicted octanol–water partition coefficient (Wildman–Crippen LogP) is 4.80. The highest BCUT2D eigenvalue weighted by atomic mass is 16.1. The van der Waals surface area contributed by atoms with Crippen molar-refractivity contribution in [3.8, 4) is 0 Å². The van der Waals surface area contributed by atoms with Gasteiger partial charge in [-0.15, -0.1) is 0 Å². The Balaban J connectivity index is 1.38. The first-order chi connectivity index (χ1) is 12.2. The normalized spacial score (nSPS) is 23.2. The van der Waals surface area contributed by atoms with Crippen LogP contribution in [-0.4, -0.2) is 11.9 Å². The highest BCUT2D eigenvalue weighted by Gasteiger charge is 2.34. The molecule has 0 heterocycles. The van der Waals surface area contributed by atoms with E-state index in [1.807, 2.05) is 24.3 Å². The standard InChI is InChI=1S/C22H26N2O/c23-21-14-20(21)17-10-12-19(13-11-17)24-22(25)18-8-6-16(7-9-18)15-4-2-1-3-5-15/h6-13,15,20-21H,1-5,14,23H2,(H,24,25)/t20-,21+/m0/s1. The Kier molecular flexibility index (Phi) is 4.58. The lowest BCUT2D eigenvalue weighted by atomic mass is 9.84. The molecule has 2 saturated carbocycles. The van der Waals surface area contributed by atoms with Crippen LogP contribution >= 0.6 is 0 Å². The fourth-order valence-corrected chi connectivity index (χ4v) is 3.96. The Morgan fingerprint density at radius 3 is 2.08 bits per heavy atom. The molecule has 1 amide bonds. The molecule has 130 valence electrons. The van der Waals surface area contributed by atoms with Gasteiger partial charge in [-0.3, -0.25) is 4.79 Å². The van der Waals surface area contributed by atoms with E-state index in [4.69, 9.17) is 5.73 Å². The minimum Gasteiger partial charge on any atom is -0.327 e. The first-order valence-corrected chi connectivity index (χ1v) is 9.47. The number of carbonyl (C=O) groups is 1. The number of hydrogen-bond acceptors (Lipinski definition) is 2. The summed E-state index contributed by atoms with van der Waals surface area (Å²) in [5.74, 6) is 1.12. The lowest BCUT2D eigenvalue weighted by molar-refractivity contribution is 0.102. The van der Waals surface area contributed by atoms with Crippen molar-refractivity contribution in [1.29, 1.82) is 0 Å². The SMILES string of the molecule is N[C@@H]1C[C@H]1c1ccc(NC(=O)c2ccc(C3CCCCC3)cc2)cc1. The smallest absolute Gasteiger partial charge is 0.255 e. The molecule has 0 spiro atoms. The lowest BCUT2D eigenvalue weighted by Gasteiger charge is -2.22. The van der Waals surface area contributed by atoms with E-state index in [0.29, 0.717) is 23.4 Å². The Hall–Kier alpha value is -2.13. The summed E-state index contributed by atoms with van der Waals surface area (Å²) in [5, 5.41) is 2.98. The fraction of sp³-hybridized carbons (Fsp3) is 0.409. The van der Waals surface area contributed by atoms with Gasteiger partial charge in [0.1, 0.15) is 0 Å². The average Bonchev–Trinajstić information content (AvgIpc) is 3.40. The number of hydrogen-bond donors (Lipinski definition) is 2.